The number of esters is 1. The van der Waals surface area contributed by atoms with E-state index in [1.165, 1.54) is 13.5 Å². The van der Waals surface area contributed by atoms with Crippen LogP contribution in [0.1, 0.15) is 26.2 Å². The first-order valence-corrected chi connectivity index (χ1v) is 5.55. The third kappa shape index (κ3) is 3.80. The number of hydrogen-bond acceptors (Lipinski definition) is 4. The highest BCUT2D eigenvalue weighted by Crippen LogP contribution is 2.14. The van der Waals surface area contributed by atoms with Crippen LogP contribution in [-0.2, 0) is 14.3 Å². The van der Waals surface area contributed by atoms with Gasteiger partial charge in [0.2, 0.25) is 0 Å². The Morgan fingerprint density at radius 1 is 1.60 bits per heavy atom. The summed E-state index contributed by atoms with van der Waals surface area (Å²) in [6.45, 7) is 3.51. The van der Waals surface area contributed by atoms with Crippen molar-refractivity contribution in [2.75, 3.05) is 27.3 Å². The average Bonchev–Trinajstić information content (AvgIpc) is 2.28. The molecule has 4 nitrogen and oxygen atoms in total. The highest BCUT2D eigenvalue weighted by atomic mass is 16.5. The Hall–Kier alpha value is -0.610. The standard InChI is InChI=1S/C11H21NO3/c1-9(11(13)14-3)12(2)8-10-6-4-5-7-15-10/h9-10H,4-8H2,1-3H3. The molecule has 2 atom stereocenters. The van der Waals surface area contributed by atoms with Crippen LogP contribution in [0.4, 0.5) is 0 Å². The summed E-state index contributed by atoms with van der Waals surface area (Å²) in [7, 11) is 3.35. The van der Waals surface area contributed by atoms with Gasteiger partial charge in [0.1, 0.15) is 6.04 Å². The number of hydrogen-bond donors (Lipinski definition) is 0. The van der Waals surface area contributed by atoms with Gasteiger partial charge < -0.3 is 9.47 Å². The van der Waals surface area contributed by atoms with E-state index in [1.54, 1.807) is 0 Å². The summed E-state index contributed by atoms with van der Waals surface area (Å²) in [6.07, 6.45) is 3.76. The van der Waals surface area contributed by atoms with E-state index in [2.05, 4.69) is 0 Å². The molecule has 1 aliphatic heterocycles. The normalized spacial score (nSPS) is 23.9. The summed E-state index contributed by atoms with van der Waals surface area (Å²) in [6, 6.07) is -0.194. The number of ether oxygens (including phenoxy) is 2. The van der Waals surface area contributed by atoms with Crippen LogP contribution in [0, 0.1) is 0 Å². The van der Waals surface area contributed by atoms with Gasteiger partial charge in [0.05, 0.1) is 13.2 Å². The smallest absolute Gasteiger partial charge is 0.322 e. The zero-order valence-corrected chi connectivity index (χ0v) is 9.86. The summed E-state index contributed by atoms with van der Waals surface area (Å²) in [5, 5.41) is 0. The van der Waals surface area contributed by atoms with Gasteiger partial charge in [0.15, 0.2) is 0 Å². The van der Waals surface area contributed by atoms with E-state index < -0.39 is 0 Å². The SMILES string of the molecule is COC(=O)C(C)N(C)CC1CCCCO1. The molecule has 0 aromatic rings. The first-order chi connectivity index (χ1) is 7.15. The molecule has 0 bridgehead atoms. The van der Waals surface area contributed by atoms with E-state index in [0.717, 1.165) is 26.0 Å². The first-order valence-electron chi connectivity index (χ1n) is 5.55. The highest BCUT2D eigenvalue weighted by molar-refractivity contribution is 5.75. The average molecular weight is 215 g/mol. The quantitative estimate of drug-likeness (QED) is 0.657. The van der Waals surface area contributed by atoms with Gasteiger partial charge in [-0.25, -0.2) is 0 Å². The third-order valence-electron chi connectivity index (χ3n) is 2.97. The largest absolute Gasteiger partial charge is 0.468 e. The van der Waals surface area contributed by atoms with E-state index in [1.807, 2.05) is 18.9 Å². The fourth-order valence-electron chi connectivity index (χ4n) is 1.78. The van der Waals surface area contributed by atoms with E-state index in [4.69, 9.17) is 9.47 Å². The van der Waals surface area contributed by atoms with Crippen LogP contribution >= 0.6 is 0 Å². The second-order valence-electron chi connectivity index (χ2n) is 4.13. The number of likely N-dealkylation sites (N-methyl/N-ethyl adjacent to an activating group) is 1. The van der Waals surface area contributed by atoms with Crippen molar-refractivity contribution in [3.05, 3.63) is 0 Å². The molecule has 1 fully saturated rings. The van der Waals surface area contributed by atoms with Gasteiger partial charge in [-0.05, 0) is 33.2 Å². The molecule has 88 valence electrons. The molecular weight excluding hydrogens is 194 g/mol. The molecule has 15 heavy (non-hydrogen) atoms. The monoisotopic (exact) mass is 215 g/mol. The molecule has 1 heterocycles. The molecule has 1 saturated heterocycles. The molecule has 4 heteroatoms. The molecule has 0 aromatic carbocycles. The first kappa shape index (κ1) is 12.5. The second kappa shape index (κ2) is 6.08. The maximum atomic E-state index is 11.3. The zero-order valence-electron chi connectivity index (χ0n) is 9.86. The van der Waals surface area contributed by atoms with Crippen LogP contribution in [0.5, 0.6) is 0 Å². The van der Waals surface area contributed by atoms with Crippen molar-refractivity contribution < 1.29 is 14.3 Å². The van der Waals surface area contributed by atoms with Crippen LogP contribution in [-0.4, -0.2) is 50.3 Å². The van der Waals surface area contributed by atoms with Crippen molar-refractivity contribution in [2.24, 2.45) is 0 Å². The van der Waals surface area contributed by atoms with Gasteiger partial charge in [-0.1, -0.05) is 0 Å². The predicted octanol–water partition coefficient (Wildman–Crippen LogP) is 1.05. The molecule has 1 rings (SSSR count). The number of nitrogens with zero attached hydrogens (tertiary/aromatic N) is 1. The van der Waals surface area contributed by atoms with Gasteiger partial charge in [-0.3, -0.25) is 9.69 Å². The van der Waals surface area contributed by atoms with Gasteiger partial charge in [0.25, 0.3) is 0 Å². The topological polar surface area (TPSA) is 38.8 Å². The van der Waals surface area contributed by atoms with Crippen molar-refractivity contribution in [1.29, 1.82) is 0 Å². The Labute approximate surface area is 91.5 Å². The molecule has 2 unspecified atom stereocenters. The van der Waals surface area contributed by atoms with Crippen LogP contribution < -0.4 is 0 Å². The van der Waals surface area contributed by atoms with Crippen LogP contribution in [0.15, 0.2) is 0 Å². The van der Waals surface area contributed by atoms with Gasteiger partial charge >= 0.3 is 5.97 Å². The van der Waals surface area contributed by atoms with Gasteiger partial charge in [-0.15, -0.1) is 0 Å². The van der Waals surface area contributed by atoms with Gasteiger partial charge in [0, 0.05) is 13.2 Å². The number of carbonyl (C=O) groups is 1. The Morgan fingerprint density at radius 3 is 2.87 bits per heavy atom. The molecule has 0 spiro atoms. The molecular formula is C11H21NO3. The van der Waals surface area contributed by atoms with Crippen molar-refractivity contribution in [3.8, 4) is 0 Å². The fourth-order valence-corrected chi connectivity index (χ4v) is 1.78. The Kier molecular flexibility index (Phi) is 5.05. The van der Waals surface area contributed by atoms with E-state index >= 15 is 0 Å². The van der Waals surface area contributed by atoms with Crippen molar-refractivity contribution >= 4 is 5.97 Å². The number of methoxy groups -OCH3 is 1. The Bertz CT molecular complexity index is 202. The van der Waals surface area contributed by atoms with E-state index in [9.17, 15) is 4.79 Å². The maximum Gasteiger partial charge on any atom is 0.322 e. The molecule has 0 N–H and O–H groups in total. The van der Waals surface area contributed by atoms with Crippen molar-refractivity contribution in [3.63, 3.8) is 0 Å². The van der Waals surface area contributed by atoms with E-state index in [0.29, 0.717) is 0 Å². The molecule has 0 saturated carbocycles. The molecule has 0 aromatic heterocycles. The van der Waals surface area contributed by atoms with Crippen LogP contribution in [0.2, 0.25) is 0 Å². The lowest BCUT2D eigenvalue weighted by Gasteiger charge is -2.29. The summed E-state index contributed by atoms with van der Waals surface area (Å²) < 4.78 is 10.3. The van der Waals surface area contributed by atoms with Crippen molar-refractivity contribution in [2.45, 2.75) is 38.3 Å². The highest BCUT2D eigenvalue weighted by Gasteiger charge is 2.22. The minimum absolute atomic E-state index is 0.187. The number of rotatable bonds is 4. The predicted molar refractivity (Wildman–Crippen MR) is 57.7 cm³/mol. The van der Waals surface area contributed by atoms with Crippen molar-refractivity contribution in [1.82, 2.24) is 4.90 Å². The van der Waals surface area contributed by atoms with Crippen LogP contribution in [0.25, 0.3) is 0 Å². The Balaban J connectivity index is 2.32. The summed E-state index contributed by atoms with van der Waals surface area (Å²) >= 11 is 0. The molecule has 1 aliphatic rings. The molecule has 0 amide bonds. The summed E-state index contributed by atoms with van der Waals surface area (Å²) in [5.74, 6) is -0.187. The lowest BCUT2D eigenvalue weighted by molar-refractivity contribution is -0.146. The second-order valence-corrected chi connectivity index (χ2v) is 4.13. The lowest BCUT2D eigenvalue weighted by atomic mass is 10.1. The number of carbonyl (C=O) groups excluding carboxylic acids is 1. The van der Waals surface area contributed by atoms with Crippen LogP contribution in [0.3, 0.4) is 0 Å². The lowest BCUT2D eigenvalue weighted by Crippen LogP contribution is -2.42. The summed E-state index contributed by atoms with van der Waals surface area (Å²) in [4.78, 5) is 13.3. The minimum atomic E-state index is -0.194. The molecule has 0 aliphatic carbocycles. The molecule has 0 radical (unpaired) electrons. The van der Waals surface area contributed by atoms with Gasteiger partial charge in [-0.2, -0.15) is 0 Å². The maximum absolute atomic E-state index is 11.3. The summed E-state index contributed by atoms with van der Waals surface area (Å²) in [5.41, 5.74) is 0. The van der Waals surface area contributed by atoms with E-state index in [-0.39, 0.29) is 18.1 Å². The zero-order chi connectivity index (χ0) is 11.3. The fraction of sp³-hybridized carbons (Fsp3) is 0.909. The third-order valence-corrected chi connectivity index (χ3v) is 2.97. The minimum Gasteiger partial charge on any atom is -0.468 e. The Morgan fingerprint density at radius 2 is 2.33 bits per heavy atom.